The Morgan fingerprint density at radius 2 is 1.71 bits per heavy atom. The molecule has 0 bridgehead atoms. The van der Waals surface area contributed by atoms with Crippen LogP contribution >= 0.6 is 0 Å². The van der Waals surface area contributed by atoms with E-state index < -0.39 is 29.3 Å². The third kappa shape index (κ3) is 2.06. The van der Waals surface area contributed by atoms with Crippen LogP contribution in [-0.2, 0) is 0 Å². The minimum absolute atomic E-state index is 0.269. The third-order valence-corrected chi connectivity index (χ3v) is 7.57. The fourth-order valence-corrected chi connectivity index (χ4v) is 5.91. The largest absolute Gasteiger partial charge is 0.392 e. The van der Waals surface area contributed by atoms with Gasteiger partial charge in [0.05, 0.1) is 17.8 Å². The first-order valence-electron chi connectivity index (χ1n) is 9.06. The van der Waals surface area contributed by atoms with Crippen LogP contribution in [0.5, 0.6) is 0 Å². The quantitative estimate of drug-likeness (QED) is 0.553. The van der Waals surface area contributed by atoms with Crippen LogP contribution in [0.25, 0.3) is 0 Å². The highest BCUT2D eigenvalue weighted by molar-refractivity contribution is 5.39. The molecule has 3 aliphatic rings. The molecule has 2 saturated carbocycles. The van der Waals surface area contributed by atoms with Gasteiger partial charge < -0.3 is 20.4 Å². The summed E-state index contributed by atoms with van der Waals surface area (Å²) in [6.45, 7) is 11.9. The van der Waals surface area contributed by atoms with E-state index in [0.717, 1.165) is 6.42 Å². The second kappa shape index (κ2) is 5.16. The van der Waals surface area contributed by atoms with Gasteiger partial charge in [0.25, 0.3) is 0 Å². The van der Waals surface area contributed by atoms with Crippen LogP contribution < -0.4 is 0 Å². The van der Waals surface area contributed by atoms with Gasteiger partial charge in [0, 0.05) is 16.7 Å². The van der Waals surface area contributed by atoms with Crippen molar-refractivity contribution in [1.29, 1.82) is 0 Å². The Labute approximate surface area is 144 Å². The van der Waals surface area contributed by atoms with Crippen molar-refractivity contribution in [1.82, 2.24) is 0 Å². The van der Waals surface area contributed by atoms with Crippen molar-refractivity contribution >= 4 is 0 Å². The summed E-state index contributed by atoms with van der Waals surface area (Å²) in [5.74, 6) is -0.376. The summed E-state index contributed by atoms with van der Waals surface area (Å²) in [7, 11) is 0. The molecule has 3 aliphatic carbocycles. The minimum atomic E-state index is -1.31. The molecule has 0 amide bonds. The number of aliphatic hydroxyl groups excluding tert-OH is 3. The number of fused-ring (bicyclic) bond motifs is 3. The Morgan fingerprint density at radius 3 is 2.29 bits per heavy atom. The molecule has 2 fully saturated rings. The summed E-state index contributed by atoms with van der Waals surface area (Å²) < 4.78 is 0. The van der Waals surface area contributed by atoms with Gasteiger partial charge in [-0.1, -0.05) is 39.8 Å². The molecule has 24 heavy (non-hydrogen) atoms. The first kappa shape index (κ1) is 18.1. The summed E-state index contributed by atoms with van der Waals surface area (Å²) in [5, 5.41) is 44.4. The minimum Gasteiger partial charge on any atom is -0.392 e. The van der Waals surface area contributed by atoms with Crippen LogP contribution in [0.4, 0.5) is 0 Å². The molecule has 0 saturated heterocycles. The molecular formula is C20H32O4. The Kier molecular flexibility index (Phi) is 3.90. The van der Waals surface area contributed by atoms with Crippen LogP contribution in [0, 0.1) is 22.2 Å². The Hall–Kier alpha value is -0.680. The molecule has 0 aromatic rings. The fraction of sp³-hybridized carbons (Fsp3) is 0.800. The fourth-order valence-electron chi connectivity index (χ4n) is 5.91. The van der Waals surface area contributed by atoms with Crippen molar-refractivity contribution in [3.05, 3.63) is 24.3 Å². The van der Waals surface area contributed by atoms with Crippen molar-refractivity contribution in [2.45, 2.75) is 77.3 Å². The van der Waals surface area contributed by atoms with Crippen molar-refractivity contribution in [2.75, 3.05) is 0 Å². The maximum atomic E-state index is 11.7. The maximum absolute atomic E-state index is 11.7. The summed E-state index contributed by atoms with van der Waals surface area (Å²) in [6, 6.07) is 0. The van der Waals surface area contributed by atoms with E-state index in [1.807, 2.05) is 26.0 Å². The maximum Gasteiger partial charge on any atom is 0.104 e. The van der Waals surface area contributed by atoms with Crippen LogP contribution in [0.2, 0.25) is 0 Å². The molecule has 0 heterocycles. The van der Waals surface area contributed by atoms with E-state index in [-0.39, 0.29) is 16.7 Å². The highest BCUT2D eigenvalue weighted by Crippen LogP contribution is 2.65. The molecule has 0 aromatic carbocycles. The van der Waals surface area contributed by atoms with Gasteiger partial charge in [-0.2, -0.15) is 0 Å². The molecular weight excluding hydrogens is 304 g/mol. The van der Waals surface area contributed by atoms with Crippen LogP contribution in [0.3, 0.4) is 0 Å². The molecule has 3 rings (SSSR count). The number of rotatable bonds is 1. The Morgan fingerprint density at radius 1 is 1.08 bits per heavy atom. The SMILES string of the molecule is C=CC1(C)C=C2C(O)C(O)C3C(C)(C)CCC(O)C3(C)C2(O)CC1. The number of hydrogen-bond acceptors (Lipinski definition) is 4. The van der Waals surface area contributed by atoms with Crippen molar-refractivity contribution in [2.24, 2.45) is 22.2 Å². The lowest BCUT2D eigenvalue weighted by Crippen LogP contribution is -2.73. The molecule has 7 unspecified atom stereocenters. The molecule has 0 radical (unpaired) electrons. The molecule has 4 N–H and O–H groups in total. The van der Waals surface area contributed by atoms with Gasteiger partial charge in [-0.25, -0.2) is 0 Å². The normalized spacial score (nSPS) is 53.6. The number of aliphatic hydroxyl groups is 4. The molecule has 0 aliphatic heterocycles. The van der Waals surface area contributed by atoms with Crippen LogP contribution in [0.1, 0.15) is 53.4 Å². The molecule has 4 nitrogen and oxygen atoms in total. The second-order valence-corrected chi connectivity index (χ2v) is 9.41. The summed E-state index contributed by atoms with van der Waals surface area (Å²) >= 11 is 0. The molecule has 0 aromatic heterocycles. The van der Waals surface area contributed by atoms with E-state index in [2.05, 4.69) is 20.4 Å². The lowest BCUT2D eigenvalue weighted by molar-refractivity contribution is -0.259. The second-order valence-electron chi connectivity index (χ2n) is 9.41. The standard InChI is InChI=1S/C20H32O4/c1-6-18(4)9-10-20(24)12(11-18)14(22)15(23)16-17(2,3)8-7-13(21)19(16,20)5/h6,11,13-16,21-24H,1,7-10H2,2-5H3. The predicted molar refractivity (Wildman–Crippen MR) is 93.2 cm³/mol. The zero-order valence-corrected chi connectivity index (χ0v) is 15.3. The topological polar surface area (TPSA) is 80.9 Å². The molecule has 136 valence electrons. The smallest absolute Gasteiger partial charge is 0.104 e. The predicted octanol–water partition coefficient (Wildman–Crippen LogP) is 2.17. The van der Waals surface area contributed by atoms with Crippen molar-refractivity contribution < 1.29 is 20.4 Å². The van der Waals surface area contributed by atoms with E-state index >= 15 is 0 Å². The van der Waals surface area contributed by atoms with E-state index in [1.165, 1.54) is 0 Å². The Balaban J connectivity index is 2.22. The lowest BCUT2D eigenvalue weighted by atomic mass is 9.41. The number of allylic oxidation sites excluding steroid dienone is 2. The van der Waals surface area contributed by atoms with Gasteiger partial charge in [-0.05, 0) is 36.7 Å². The van der Waals surface area contributed by atoms with E-state index in [9.17, 15) is 20.4 Å². The average molecular weight is 336 g/mol. The molecule has 0 spiro atoms. The first-order valence-corrected chi connectivity index (χ1v) is 9.06. The summed E-state index contributed by atoms with van der Waals surface area (Å²) in [5.41, 5.74) is -2.33. The molecule has 4 heteroatoms. The van der Waals surface area contributed by atoms with E-state index in [4.69, 9.17) is 0 Å². The van der Waals surface area contributed by atoms with Crippen LogP contribution in [0.15, 0.2) is 24.3 Å². The molecule has 7 atom stereocenters. The summed E-state index contributed by atoms with van der Waals surface area (Å²) in [6.07, 6.45) is 3.38. The zero-order valence-electron chi connectivity index (χ0n) is 15.3. The summed E-state index contributed by atoms with van der Waals surface area (Å²) in [4.78, 5) is 0. The van der Waals surface area contributed by atoms with Gasteiger partial charge in [0.1, 0.15) is 6.10 Å². The van der Waals surface area contributed by atoms with Crippen molar-refractivity contribution in [3.8, 4) is 0 Å². The van der Waals surface area contributed by atoms with E-state index in [1.54, 1.807) is 0 Å². The van der Waals surface area contributed by atoms with Gasteiger partial charge >= 0.3 is 0 Å². The van der Waals surface area contributed by atoms with Gasteiger partial charge in [-0.3, -0.25) is 0 Å². The first-order chi connectivity index (χ1) is 10.9. The van der Waals surface area contributed by atoms with Gasteiger partial charge in [0.15, 0.2) is 0 Å². The van der Waals surface area contributed by atoms with E-state index in [0.29, 0.717) is 24.8 Å². The van der Waals surface area contributed by atoms with Gasteiger partial charge in [-0.15, -0.1) is 6.58 Å². The highest BCUT2D eigenvalue weighted by atomic mass is 16.3. The number of hydrogen-bond donors (Lipinski definition) is 4. The highest BCUT2D eigenvalue weighted by Gasteiger charge is 2.69. The third-order valence-electron chi connectivity index (χ3n) is 7.57. The Bertz CT molecular complexity index is 582. The lowest BCUT2D eigenvalue weighted by Gasteiger charge is -2.66. The zero-order chi connectivity index (χ0) is 18.1. The van der Waals surface area contributed by atoms with Gasteiger partial charge in [0.2, 0.25) is 0 Å². The van der Waals surface area contributed by atoms with Crippen LogP contribution in [-0.4, -0.2) is 44.3 Å². The van der Waals surface area contributed by atoms with Crippen molar-refractivity contribution in [3.63, 3.8) is 0 Å². The monoisotopic (exact) mass is 336 g/mol. The average Bonchev–Trinajstić information content (AvgIpc) is 2.52.